The van der Waals surface area contributed by atoms with Crippen LogP contribution >= 0.6 is 11.6 Å². The van der Waals surface area contributed by atoms with Gasteiger partial charge in [0.25, 0.3) is 0 Å². The minimum absolute atomic E-state index is 0.445. The minimum Gasteiger partial charge on any atom is -0.311 e. The first kappa shape index (κ1) is 12.6. The second-order valence-corrected chi connectivity index (χ2v) is 4.80. The summed E-state index contributed by atoms with van der Waals surface area (Å²) in [6.07, 6.45) is 2.01. The normalized spacial score (nSPS) is 26.5. The van der Waals surface area contributed by atoms with Gasteiger partial charge in [0.2, 0.25) is 0 Å². The Bertz CT molecular complexity index is 364. The van der Waals surface area contributed by atoms with E-state index in [4.69, 9.17) is 11.6 Å². The van der Waals surface area contributed by atoms with Crippen molar-refractivity contribution in [2.24, 2.45) is 0 Å². The third kappa shape index (κ3) is 3.32. The van der Waals surface area contributed by atoms with Crippen molar-refractivity contribution in [1.29, 1.82) is 0 Å². The maximum absolute atomic E-state index is 5.63. The molecule has 1 fully saturated rings. The van der Waals surface area contributed by atoms with Gasteiger partial charge in [0.1, 0.15) is 0 Å². The molecule has 2 nitrogen and oxygen atoms in total. The summed E-state index contributed by atoms with van der Waals surface area (Å²) in [6.45, 7) is 5.19. The van der Waals surface area contributed by atoms with Crippen LogP contribution in [0.3, 0.4) is 0 Å². The molecule has 0 amide bonds. The van der Waals surface area contributed by atoms with Crippen molar-refractivity contribution in [3.05, 3.63) is 47.5 Å². The highest BCUT2D eigenvalue weighted by Gasteiger charge is 2.25. The molecule has 2 atom stereocenters. The highest BCUT2D eigenvalue weighted by molar-refractivity contribution is 6.25. The molecule has 1 aliphatic heterocycles. The minimum atomic E-state index is 0.445. The Kier molecular flexibility index (Phi) is 4.60. The maximum atomic E-state index is 5.63. The van der Waals surface area contributed by atoms with E-state index < -0.39 is 0 Å². The summed E-state index contributed by atoms with van der Waals surface area (Å²) in [5.74, 6) is 0. The molecule has 3 heteroatoms. The monoisotopic (exact) mass is 250 g/mol. The fourth-order valence-electron chi connectivity index (χ4n) is 2.37. The predicted molar refractivity (Wildman–Crippen MR) is 73.2 cm³/mol. The average molecular weight is 251 g/mol. The summed E-state index contributed by atoms with van der Waals surface area (Å²) in [7, 11) is 0. The molecular weight excluding hydrogens is 232 g/mol. The number of hydrogen-bond donors (Lipinski definition) is 1. The summed E-state index contributed by atoms with van der Waals surface area (Å²) in [6, 6.07) is 11.6. The van der Waals surface area contributed by atoms with Crippen LogP contribution in [0.5, 0.6) is 0 Å². The lowest BCUT2D eigenvalue weighted by molar-refractivity contribution is 0.151. The van der Waals surface area contributed by atoms with Crippen molar-refractivity contribution >= 4 is 11.6 Å². The Morgan fingerprint density at radius 3 is 2.88 bits per heavy atom. The van der Waals surface area contributed by atoms with Crippen LogP contribution in [0, 0.1) is 0 Å². The van der Waals surface area contributed by atoms with Gasteiger partial charge in [-0.05, 0) is 12.5 Å². The van der Waals surface area contributed by atoms with E-state index in [9.17, 15) is 0 Å². The molecule has 0 bridgehead atoms. The molecule has 1 aromatic carbocycles. The molecule has 2 rings (SSSR count). The van der Waals surface area contributed by atoms with Crippen molar-refractivity contribution in [2.75, 3.05) is 19.6 Å². The Morgan fingerprint density at radius 2 is 2.18 bits per heavy atom. The zero-order valence-corrected chi connectivity index (χ0v) is 10.9. The van der Waals surface area contributed by atoms with Crippen molar-refractivity contribution in [1.82, 2.24) is 10.2 Å². The number of piperazine rings is 1. The van der Waals surface area contributed by atoms with E-state index in [-0.39, 0.29) is 0 Å². The first-order chi connectivity index (χ1) is 8.31. The molecule has 0 saturated carbocycles. The summed E-state index contributed by atoms with van der Waals surface area (Å²) >= 11 is 5.63. The molecule has 0 aliphatic carbocycles. The van der Waals surface area contributed by atoms with Crippen molar-refractivity contribution in [3.63, 3.8) is 0 Å². The number of nitrogens with zero attached hydrogens (tertiary/aromatic N) is 1. The van der Waals surface area contributed by atoms with Gasteiger partial charge in [-0.25, -0.2) is 0 Å². The van der Waals surface area contributed by atoms with Crippen LogP contribution in [-0.2, 0) is 0 Å². The van der Waals surface area contributed by atoms with Gasteiger partial charge in [0.05, 0.1) is 0 Å². The van der Waals surface area contributed by atoms with Gasteiger partial charge in [-0.3, -0.25) is 4.90 Å². The van der Waals surface area contributed by atoms with Crippen LogP contribution in [0.1, 0.15) is 18.5 Å². The molecule has 1 N–H and O–H groups in total. The van der Waals surface area contributed by atoms with Crippen molar-refractivity contribution in [2.45, 2.75) is 19.0 Å². The van der Waals surface area contributed by atoms with E-state index in [2.05, 4.69) is 47.5 Å². The largest absolute Gasteiger partial charge is 0.311 e. The topological polar surface area (TPSA) is 15.3 Å². The van der Waals surface area contributed by atoms with Gasteiger partial charge in [-0.15, -0.1) is 0 Å². The lowest BCUT2D eigenvalue weighted by atomic mass is 10.0. The Morgan fingerprint density at radius 1 is 1.41 bits per heavy atom. The molecule has 1 aromatic rings. The quantitative estimate of drug-likeness (QED) is 0.888. The summed E-state index contributed by atoms with van der Waals surface area (Å²) in [5.41, 5.74) is 2.98. The number of halogens is 1. The molecule has 1 aliphatic rings. The number of benzene rings is 1. The molecule has 2 unspecified atom stereocenters. The van der Waals surface area contributed by atoms with Crippen LogP contribution in [0.15, 0.2) is 41.9 Å². The third-order valence-electron chi connectivity index (χ3n) is 3.22. The van der Waals surface area contributed by atoms with Gasteiger partial charge in [-0.2, -0.15) is 0 Å². The van der Waals surface area contributed by atoms with E-state index in [0.29, 0.717) is 12.1 Å². The van der Waals surface area contributed by atoms with Crippen LogP contribution < -0.4 is 5.32 Å². The SMILES string of the molecule is CC1CN(C/C=C/Cl)C(c2ccccc2)CN1. The zero-order chi connectivity index (χ0) is 12.1. The van der Waals surface area contributed by atoms with Crippen LogP contribution in [0.2, 0.25) is 0 Å². The third-order valence-corrected chi connectivity index (χ3v) is 3.40. The van der Waals surface area contributed by atoms with Gasteiger partial charge in [0.15, 0.2) is 0 Å². The standard InChI is InChI=1S/C14H19ClN2/c1-12-11-17(9-5-8-15)14(10-16-12)13-6-3-2-4-7-13/h2-8,12,14,16H,9-11H2,1H3/b8-5+. The molecular formula is C14H19ClN2. The molecule has 92 valence electrons. The highest BCUT2D eigenvalue weighted by atomic mass is 35.5. The average Bonchev–Trinajstić information content (AvgIpc) is 2.37. The predicted octanol–water partition coefficient (Wildman–Crippen LogP) is 2.77. The molecule has 17 heavy (non-hydrogen) atoms. The van der Waals surface area contributed by atoms with Gasteiger partial charge in [0, 0.05) is 37.3 Å². The first-order valence-electron chi connectivity index (χ1n) is 6.09. The molecule has 0 spiro atoms. The maximum Gasteiger partial charge on any atom is 0.0476 e. The molecule has 1 saturated heterocycles. The van der Waals surface area contributed by atoms with Crippen molar-refractivity contribution < 1.29 is 0 Å². The second-order valence-electron chi connectivity index (χ2n) is 4.55. The van der Waals surface area contributed by atoms with Crippen LogP contribution in [0.4, 0.5) is 0 Å². The molecule has 1 heterocycles. The van der Waals surface area contributed by atoms with Gasteiger partial charge >= 0.3 is 0 Å². The Labute approximate surface area is 108 Å². The molecule has 0 radical (unpaired) electrons. The number of rotatable bonds is 3. The van der Waals surface area contributed by atoms with E-state index in [1.807, 2.05) is 6.08 Å². The second kappa shape index (κ2) is 6.20. The molecule has 0 aromatic heterocycles. The zero-order valence-electron chi connectivity index (χ0n) is 10.1. The number of hydrogen-bond acceptors (Lipinski definition) is 2. The Hall–Kier alpha value is -0.830. The van der Waals surface area contributed by atoms with E-state index >= 15 is 0 Å². The van der Waals surface area contributed by atoms with E-state index in [0.717, 1.165) is 19.6 Å². The van der Waals surface area contributed by atoms with Gasteiger partial charge in [-0.1, -0.05) is 48.0 Å². The fourth-order valence-corrected chi connectivity index (χ4v) is 2.45. The van der Waals surface area contributed by atoms with Crippen molar-refractivity contribution in [3.8, 4) is 0 Å². The lowest BCUT2D eigenvalue weighted by Gasteiger charge is -2.39. The fraction of sp³-hybridized carbons (Fsp3) is 0.429. The Balaban J connectivity index is 2.12. The van der Waals surface area contributed by atoms with Crippen LogP contribution in [-0.4, -0.2) is 30.6 Å². The van der Waals surface area contributed by atoms with E-state index in [1.54, 1.807) is 5.54 Å². The summed E-state index contributed by atoms with van der Waals surface area (Å²) < 4.78 is 0. The lowest BCUT2D eigenvalue weighted by Crippen LogP contribution is -2.50. The number of nitrogens with one attached hydrogen (secondary N) is 1. The summed E-state index contributed by atoms with van der Waals surface area (Å²) in [4.78, 5) is 2.47. The van der Waals surface area contributed by atoms with Gasteiger partial charge < -0.3 is 5.32 Å². The summed E-state index contributed by atoms with van der Waals surface area (Å²) in [5, 5.41) is 3.54. The highest BCUT2D eigenvalue weighted by Crippen LogP contribution is 2.23. The van der Waals surface area contributed by atoms with Crippen LogP contribution in [0.25, 0.3) is 0 Å². The first-order valence-corrected chi connectivity index (χ1v) is 6.52. The smallest absolute Gasteiger partial charge is 0.0476 e. The van der Waals surface area contributed by atoms with E-state index in [1.165, 1.54) is 5.56 Å².